The molecule has 2 saturated heterocycles. The van der Waals surface area contributed by atoms with E-state index in [0.29, 0.717) is 25.7 Å². The molecule has 5 nitrogen and oxygen atoms in total. The van der Waals surface area contributed by atoms with Crippen molar-refractivity contribution in [3.63, 3.8) is 0 Å². The van der Waals surface area contributed by atoms with E-state index in [1.165, 1.54) is 0 Å². The Hall–Kier alpha value is -0.170. The summed E-state index contributed by atoms with van der Waals surface area (Å²) in [6.45, 7) is 4.42. The topological polar surface area (TPSA) is 72.6 Å². The fourth-order valence-electron chi connectivity index (χ4n) is 3.20. The van der Waals surface area contributed by atoms with Gasteiger partial charge in [0.15, 0.2) is 0 Å². The molecule has 1 atom stereocenters. The molecule has 0 saturated carbocycles. The predicted molar refractivity (Wildman–Crippen MR) is 75.3 cm³/mol. The van der Waals surface area contributed by atoms with Gasteiger partial charge in [0.2, 0.25) is 10.0 Å². The van der Waals surface area contributed by atoms with Crippen LogP contribution in [0.15, 0.2) is 0 Å². The fraction of sp³-hybridized carbons (Fsp3) is 1.00. The van der Waals surface area contributed by atoms with Gasteiger partial charge in [0.05, 0.1) is 11.9 Å². The largest absolute Gasteiger partial charge is 0.378 e. The molecule has 0 radical (unpaired) electrons. The second-order valence-corrected chi connectivity index (χ2v) is 8.10. The zero-order valence-corrected chi connectivity index (χ0v) is 12.6. The zero-order valence-electron chi connectivity index (χ0n) is 11.8. The van der Waals surface area contributed by atoms with E-state index in [1.807, 2.05) is 0 Å². The average molecular weight is 290 g/mol. The highest BCUT2D eigenvalue weighted by Gasteiger charge is 2.39. The highest BCUT2D eigenvalue weighted by Crippen LogP contribution is 2.38. The van der Waals surface area contributed by atoms with Crippen LogP contribution in [0.4, 0.5) is 0 Å². The van der Waals surface area contributed by atoms with Gasteiger partial charge in [-0.1, -0.05) is 0 Å². The molecule has 1 unspecified atom stereocenters. The number of rotatable bonds is 5. The number of nitrogens with zero attached hydrogens (tertiary/aromatic N) is 1. The maximum atomic E-state index is 11.9. The van der Waals surface area contributed by atoms with Crippen LogP contribution in [0.2, 0.25) is 0 Å². The van der Waals surface area contributed by atoms with Crippen LogP contribution in [0.1, 0.15) is 39.0 Å². The quantitative estimate of drug-likeness (QED) is 0.818. The van der Waals surface area contributed by atoms with Gasteiger partial charge in [0, 0.05) is 19.7 Å². The van der Waals surface area contributed by atoms with Crippen LogP contribution >= 0.6 is 0 Å². The molecule has 2 fully saturated rings. The number of hydrogen-bond donors (Lipinski definition) is 1. The lowest BCUT2D eigenvalue weighted by atomic mass is 9.74. The van der Waals surface area contributed by atoms with E-state index in [0.717, 1.165) is 38.7 Å². The van der Waals surface area contributed by atoms with Crippen LogP contribution in [0, 0.1) is 5.41 Å². The molecule has 19 heavy (non-hydrogen) atoms. The van der Waals surface area contributed by atoms with Gasteiger partial charge in [-0.2, -0.15) is 0 Å². The molecule has 0 spiro atoms. The van der Waals surface area contributed by atoms with E-state index in [9.17, 15) is 8.42 Å². The smallest absolute Gasteiger partial charge is 0.213 e. The Labute approximate surface area is 116 Å². The second kappa shape index (κ2) is 6.08. The van der Waals surface area contributed by atoms with E-state index in [-0.39, 0.29) is 11.2 Å². The van der Waals surface area contributed by atoms with Gasteiger partial charge in [-0.05, 0) is 51.0 Å². The lowest BCUT2D eigenvalue weighted by molar-refractivity contribution is 0.0413. The molecular weight excluding hydrogens is 264 g/mol. The van der Waals surface area contributed by atoms with E-state index in [4.69, 9.17) is 10.5 Å². The lowest BCUT2D eigenvalue weighted by Gasteiger charge is -2.41. The molecule has 0 bridgehead atoms. The summed E-state index contributed by atoms with van der Waals surface area (Å²) in [4.78, 5) is 0. The summed E-state index contributed by atoms with van der Waals surface area (Å²) in [6.07, 6.45) is 5.31. The SMILES string of the molecule is CCS(=O)(=O)N1CCC(CN)(CC2CCCO2)CC1. The highest BCUT2D eigenvalue weighted by atomic mass is 32.2. The molecule has 2 aliphatic rings. The molecule has 0 aromatic heterocycles. The first-order chi connectivity index (χ1) is 9.01. The van der Waals surface area contributed by atoms with E-state index >= 15 is 0 Å². The zero-order chi connectivity index (χ0) is 13.9. The van der Waals surface area contributed by atoms with Crippen LogP contribution in [-0.2, 0) is 14.8 Å². The fourth-order valence-corrected chi connectivity index (χ4v) is 4.31. The lowest BCUT2D eigenvalue weighted by Crippen LogP contribution is -2.47. The van der Waals surface area contributed by atoms with E-state index in [1.54, 1.807) is 11.2 Å². The van der Waals surface area contributed by atoms with Crippen molar-refractivity contribution >= 4 is 10.0 Å². The summed E-state index contributed by atoms with van der Waals surface area (Å²) in [5.41, 5.74) is 6.06. The van der Waals surface area contributed by atoms with E-state index < -0.39 is 10.0 Å². The first-order valence-corrected chi connectivity index (χ1v) is 8.92. The van der Waals surface area contributed by atoms with Gasteiger partial charge in [-0.15, -0.1) is 0 Å². The monoisotopic (exact) mass is 290 g/mol. The van der Waals surface area contributed by atoms with Crippen LogP contribution in [0.25, 0.3) is 0 Å². The van der Waals surface area contributed by atoms with Crippen LogP contribution in [0.5, 0.6) is 0 Å². The van der Waals surface area contributed by atoms with Crippen molar-refractivity contribution in [2.75, 3.05) is 32.0 Å². The Morgan fingerprint density at radius 3 is 2.53 bits per heavy atom. The molecule has 0 aromatic carbocycles. The molecule has 112 valence electrons. The van der Waals surface area contributed by atoms with Gasteiger partial charge in [-0.3, -0.25) is 0 Å². The predicted octanol–water partition coefficient (Wildman–Crippen LogP) is 0.946. The maximum absolute atomic E-state index is 11.9. The maximum Gasteiger partial charge on any atom is 0.213 e. The van der Waals surface area contributed by atoms with Gasteiger partial charge >= 0.3 is 0 Å². The van der Waals surface area contributed by atoms with Crippen LogP contribution < -0.4 is 5.73 Å². The number of sulfonamides is 1. The normalized spacial score (nSPS) is 28.6. The van der Waals surface area contributed by atoms with E-state index in [2.05, 4.69) is 0 Å². The third kappa shape index (κ3) is 3.48. The summed E-state index contributed by atoms with van der Waals surface area (Å²) < 4.78 is 31.1. The third-order valence-electron chi connectivity index (χ3n) is 4.66. The minimum atomic E-state index is -3.05. The first-order valence-electron chi connectivity index (χ1n) is 7.31. The van der Waals surface area contributed by atoms with Gasteiger partial charge in [-0.25, -0.2) is 12.7 Å². The average Bonchev–Trinajstić information content (AvgIpc) is 2.92. The van der Waals surface area contributed by atoms with Crippen molar-refractivity contribution in [1.82, 2.24) is 4.31 Å². The molecule has 6 heteroatoms. The molecule has 2 N–H and O–H groups in total. The standard InChI is InChI=1S/C13H26N2O3S/c1-2-19(16,17)15-7-5-13(11-14,6-8-15)10-12-4-3-9-18-12/h12H,2-11,14H2,1H3. The molecule has 2 aliphatic heterocycles. The van der Waals surface area contributed by atoms with Gasteiger partial charge < -0.3 is 10.5 Å². The highest BCUT2D eigenvalue weighted by molar-refractivity contribution is 7.89. The van der Waals surface area contributed by atoms with Crippen molar-refractivity contribution in [3.05, 3.63) is 0 Å². The van der Waals surface area contributed by atoms with Crippen molar-refractivity contribution in [2.45, 2.75) is 45.1 Å². The Bertz CT molecular complexity index is 383. The van der Waals surface area contributed by atoms with Crippen LogP contribution in [0.3, 0.4) is 0 Å². The van der Waals surface area contributed by atoms with Crippen molar-refractivity contribution < 1.29 is 13.2 Å². The summed E-state index contributed by atoms with van der Waals surface area (Å²) in [5.74, 6) is 0.189. The molecule has 0 amide bonds. The first kappa shape index (κ1) is 15.2. The Morgan fingerprint density at radius 1 is 1.37 bits per heavy atom. The Kier molecular flexibility index (Phi) is 4.87. The molecule has 2 rings (SSSR count). The number of nitrogens with two attached hydrogens (primary N) is 1. The number of ether oxygens (including phenoxy) is 1. The van der Waals surface area contributed by atoms with Crippen molar-refractivity contribution in [3.8, 4) is 0 Å². The molecule has 2 heterocycles. The third-order valence-corrected chi connectivity index (χ3v) is 6.54. The van der Waals surface area contributed by atoms with Crippen LogP contribution in [-0.4, -0.2) is 50.8 Å². The Morgan fingerprint density at radius 2 is 2.05 bits per heavy atom. The van der Waals surface area contributed by atoms with Crippen molar-refractivity contribution in [2.24, 2.45) is 11.1 Å². The number of piperidine rings is 1. The summed E-state index contributed by atoms with van der Waals surface area (Å²) in [5, 5.41) is 0. The number of hydrogen-bond acceptors (Lipinski definition) is 4. The summed E-state index contributed by atoms with van der Waals surface area (Å²) in [6, 6.07) is 0. The van der Waals surface area contributed by atoms with Gasteiger partial charge in [0.25, 0.3) is 0 Å². The van der Waals surface area contributed by atoms with Crippen molar-refractivity contribution in [1.29, 1.82) is 0 Å². The summed E-state index contributed by atoms with van der Waals surface area (Å²) in [7, 11) is -3.05. The van der Waals surface area contributed by atoms with Gasteiger partial charge in [0.1, 0.15) is 0 Å². The molecular formula is C13H26N2O3S. The minimum absolute atomic E-state index is 0.0781. The minimum Gasteiger partial charge on any atom is -0.378 e. The second-order valence-electron chi connectivity index (χ2n) is 5.84. The molecule has 0 aromatic rings. The summed E-state index contributed by atoms with van der Waals surface area (Å²) >= 11 is 0. The molecule has 0 aliphatic carbocycles. The Balaban J connectivity index is 1.95.